The van der Waals surface area contributed by atoms with Crippen molar-refractivity contribution in [3.63, 3.8) is 0 Å². The SMILES string of the molecule is Cc1cccc(-n2c(C)cc(/C=N/NC(=O)c3ccc(N(C)S(=O)(=O)c4ccccc4)cc3)c2C)c1. The van der Waals surface area contributed by atoms with Gasteiger partial charge < -0.3 is 4.57 Å². The van der Waals surface area contributed by atoms with Crippen LogP contribution in [0.2, 0.25) is 0 Å². The maximum absolute atomic E-state index is 12.8. The van der Waals surface area contributed by atoms with Gasteiger partial charge in [0.1, 0.15) is 0 Å². The van der Waals surface area contributed by atoms with Crippen LogP contribution in [0.5, 0.6) is 0 Å². The van der Waals surface area contributed by atoms with Crippen molar-refractivity contribution in [1.29, 1.82) is 0 Å². The minimum atomic E-state index is -3.69. The standard InChI is InChI=1S/C28H28N4O3S/c1-20-9-8-10-26(17-20)32-21(2)18-24(22(32)3)19-29-30-28(33)23-13-15-25(16-14-23)31(4)36(34,35)27-11-6-5-7-12-27/h5-19H,1-4H3,(H,30,33)/b29-19+. The second-order valence-corrected chi connectivity index (χ2v) is 10.5. The summed E-state index contributed by atoms with van der Waals surface area (Å²) in [5.74, 6) is -0.390. The van der Waals surface area contributed by atoms with Crippen molar-refractivity contribution in [2.75, 3.05) is 11.4 Å². The maximum Gasteiger partial charge on any atom is 0.271 e. The molecule has 1 N–H and O–H groups in total. The van der Waals surface area contributed by atoms with Crippen molar-refractivity contribution in [1.82, 2.24) is 9.99 Å². The summed E-state index contributed by atoms with van der Waals surface area (Å²) in [6.07, 6.45) is 1.63. The molecule has 36 heavy (non-hydrogen) atoms. The van der Waals surface area contributed by atoms with E-state index in [4.69, 9.17) is 0 Å². The molecule has 184 valence electrons. The third-order valence-corrected chi connectivity index (χ3v) is 7.79. The van der Waals surface area contributed by atoms with Crippen LogP contribution in [-0.2, 0) is 10.0 Å². The first-order valence-corrected chi connectivity index (χ1v) is 12.9. The molecule has 0 saturated carbocycles. The number of rotatable bonds is 7. The van der Waals surface area contributed by atoms with E-state index in [0.29, 0.717) is 11.3 Å². The third kappa shape index (κ3) is 5.08. The molecule has 1 aromatic heterocycles. The molecule has 4 aromatic rings. The van der Waals surface area contributed by atoms with Crippen LogP contribution in [0, 0.1) is 20.8 Å². The van der Waals surface area contributed by atoms with Gasteiger partial charge in [0.2, 0.25) is 0 Å². The highest BCUT2D eigenvalue weighted by atomic mass is 32.2. The monoisotopic (exact) mass is 500 g/mol. The average molecular weight is 501 g/mol. The van der Waals surface area contributed by atoms with Crippen molar-refractivity contribution < 1.29 is 13.2 Å². The Morgan fingerprint density at radius 1 is 0.917 bits per heavy atom. The number of benzene rings is 3. The molecule has 4 rings (SSSR count). The van der Waals surface area contributed by atoms with Crippen molar-refractivity contribution in [3.8, 4) is 5.69 Å². The van der Waals surface area contributed by atoms with Gasteiger partial charge in [-0.25, -0.2) is 13.8 Å². The summed E-state index contributed by atoms with van der Waals surface area (Å²) in [6.45, 7) is 6.10. The molecule has 8 heteroatoms. The summed E-state index contributed by atoms with van der Waals surface area (Å²) in [7, 11) is -2.21. The lowest BCUT2D eigenvalue weighted by atomic mass is 10.2. The molecule has 0 aliphatic heterocycles. The number of carbonyl (C=O) groups is 1. The topological polar surface area (TPSA) is 83.8 Å². The van der Waals surface area contributed by atoms with E-state index in [1.165, 1.54) is 16.9 Å². The minimum Gasteiger partial charge on any atom is -0.318 e. The van der Waals surface area contributed by atoms with E-state index in [2.05, 4.69) is 40.2 Å². The Balaban J connectivity index is 1.45. The first-order chi connectivity index (χ1) is 17.2. The number of anilines is 1. The number of aryl methyl sites for hydroxylation is 2. The smallest absolute Gasteiger partial charge is 0.271 e. The third-order valence-electron chi connectivity index (χ3n) is 5.99. The highest BCUT2D eigenvalue weighted by Gasteiger charge is 2.21. The van der Waals surface area contributed by atoms with Crippen LogP contribution in [-0.4, -0.2) is 32.2 Å². The van der Waals surface area contributed by atoms with Gasteiger partial charge >= 0.3 is 0 Å². The van der Waals surface area contributed by atoms with E-state index in [-0.39, 0.29) is 10.8 Å². The second-order valence-electron chi connectivity index (χ2n) is 8.53. The maximum atomic E-state index is 12.8. The number of aromatic nitrogens is 1. The molecular weight excluding hydrogens is 472 g/mol. The Morgan fingerprint density at radius 3 is 2.28 bits per heavy atom. The second kappa shape index (κ2) is 10.2. The Morgan fingerprint density at radius 2 is 1.61 bits per heavy atom. The van der Waals surface area contributed by atoms with Crippen LogP contribution in [0.3, 0.4) is 0 Å². The van der Waals surface area contributed by atoms with Gasteiger partial charge in [-0.3, -0.25) is 9.10 Å². The molecule has 0 saturated heterocycles. The predicted molar refractivity (Wildman–Crippen MR) is 144 cm³/mol. The lowest BCUT2D eigenvalue weighted by molar-refractivity contribution is 0.0955. The van der Waals surface area contributed by atoms with Crippen LogP contribution in [0.15, 0.2) is 94.9 Å². The van der Waals surface area contributed by atoms with Crippen LogP contribution >= 0.6 is 0 Å². The molecule has 0 spiro atoms. The first-order valence-electron chi connectivity index (χ1n) is 11.4. The molecular formula is C28H28N4O3S. The summed E-state index contributed by atoms with van der Waals surface area (Å²) in [4.78, 5) is 12.8. The Bertz CT molecular complexity index is 1520. The normalized spacial score (nSPS) is 11.6. The fourth-order valence-corrected chi connectivity index (χ4v) is 5.24. The van der Waals surface area contributed by atoms with Crippen molar-refractivity contribution in [3.05, 3.63) is 113 Å². The van der Waals surface area contributed by atoms with Gasteiger partial charge in [-0.15, -0.1) is 0 Å². The van der Waals surface area contributed by atoms with Crippen LogP contribution in [0.4, 0.5) is 5.69 Å². The largest absolute Gasteiger partial charge is 0.318 e. The van der Waals surface area contributed by atoms with Gasteiger partial charge in [-0.1, -0.05) is 30.3 Å². The van der Waals surface area contributed by atoms with E-state index >= 15 is 0 Å². The van der Waals surface area contributed by atoms with Gasteiger partial charge in [-0.2, -0.15) is 5.10 Å². The van der Waals surface area contributed by atoms with Gasteiger partial charge in [0.15, 0.2) is 0 Å². The number of nitrogens with one attached hydrogen (secondary N) is 1. The zero-order chi connectivity index (χ0) is 25.9. The number of carbonyl (C=O) groups excluding carboxylic acids is 1. The van der Waals surface area contributed by atoms with Gasteiger partial charge in [-0.05, 0) is 80.9 Å². The molecule has 0 unspecified atom stereocenters. The van der Waals surface area contributed by atoms with E-state index in [9.17, 15) is 13.2 Å². The molecule has 0 aliphatic carbocycles. The molecule has 7 nitrogen and oxygen atoms in total. The van der Waals surface area contributed by atoms with Gasteiger partial charge in [0.25, 0.3) is 15.9 Å². The number of hydrazone groups is 1. The molecule has 1 amide bonds. The number of hydrogen-bond acceptors (Lipinski definition) is 4. The van der Waals surface area contributed by atoms with Crippen LogP contribution < -0.4 is 9.73 Å². The zero-order valence-electron chi connectivity index (χ0n) is 20.6. The molecule has 0 aliphatic rings. The zero-order valence-corrected chi connectivity index (χ0v) is 21.5. The fourth-order valence-electron chi connectivity index (χ4n) is 4.02. The Kier molecular flexibility index (Phi) is 7.07. The van der Waals surface area contributed by atoms with E-state index < -0.39 is 10.0 Å². The molecule has 0 atom stereocenters. The van der Waals surface area contributed by atoms with Crippen LogP contribution in [0.1, 0.15) is 32.9 Å². The minimum absolute atomic E-state index is 0.199. The highest BCUT2D eigenvalue weighted by Crippen LogP contribution is 2.23. The molecule has 0 fully saturated rings. The Labute approximate surface area is 211 Å². The van der Waals surface area contributed by atoms with Crippen molar-refractivity contribution in [2.24, 2.45) is 5.10 Å². The summed E-state index contributed by atoms with van der Waals surface area (Å²) in [5.41, 5.74) is 8.60. The number of sulfonamides is 1. The number of nitrogens with zero attached hydrogens (tertiary/aromatic N) is 3. The predicted octanol–water partition coefficient (Wildman–Crippen LogP) is 4.99. The average Bonchev–Trinajstić information content (AvgIpc) is 3.16. The lowest BCUT2D eigenvalue weighted by Crippen LogP contribution is -2.26. The summed E-state index contributed by atoms with van der Waals surface area (Å²) >= 11 is 0. The number of hydrogen-bond donors (Lipinski definition) is 1. The van der Waals surface area contributed by atoms with Crippen LogP contribution in [0.25, 0.3) is 5.69 Å². The first kappa shape index (κ1) is 24.9. The summed E-state index contributed by atoms with van der Waals surface area (Å²) in [6, 6.07) is 24.8. The summed E-state index contributed by atoms with van der Waals surface area (Å²) < 4.78 is 29.0. The quantitative estimate of drug-likeness (QED) is 0.287. The molecule has 0 radical (unpaired) electrons. The molecule has 1 heterocycles. The highest BCUT2D eigenvalue weighted by molar-refractivity contribution is 7.92. The molecule has 0 bridgehead atoms. The number of amides is 1. The molecule has 3 aromatic carbocycles. The van der Waals surface area contributed by atoms with Gasteiger partial charge in [0, 0.05) is 35.2 Å². The van der Waals surface area contributed by atoms with Crippen molar-refractivity contribution in [2.45, 2.75) is 25.7 Å². The van der Waals surface area contributed by atoms with Crippen molar-refractivity contribution >= 4 is 27.8 Å². The fraction of sp³-hybridized carbons (Fsp3) is 0.143. The lowest BCUT2D eigenvalue weighted by Gasteiger charge is -2.19. The van der Waals surface area contributed by atoms with E-state index in [1.54, 1.807) is 60.8 Å². The Hall–Kier alpha value is -4.17. The summed E-state index contributed by atoms with van der Waals surface area (Å²) in [5, 5.41) is 4.14. The van der Waals surface area contributed by atoms with E-state index in [0.717, 1.165) is 22.6 Å². The van der Waals surface area contributed by atoms with Gasteiger partial charge in [0.05, 0.1) is 16.8 Å². The van der Waals surface area contributed by atoms with E-state index in [1.807, 2.05) is 26.0 Å².